The summed E-state index contributed by atoms with van der Waals surface area (Å²) in [6, 6.07) is 1.60. The molecule has 1 unspecified atom stereocenters. The number of piperidine rings is 1. The van der Waals surface area contributed by atoms with Crippen molar-refractivity contribution in [2.45, 2.75) is 26.3 Å². The zero-order valence-corrected chi connectivity index (χ0v) is 15.5. The first-order valence-corrected chi connectivity index (χ1v) is 10.7. The zero-order valence-electron chi connectivity index (χ0n) is 13.9. The van der Waals surface area contributed by atoms with Gasteiger partial charge in [-0.25, -0.2) is 18.1 Å². The quantitative estimate of drug-likeness (QED) is 0.843. The lowest BCUT2D eigenvalue weighted by atomic mass is 9.98. The van der Waals surface area contributed by atoms with E-state index < -0.39 is 10.0 Å². The molecule has 2 aromatic rings. The maximum absolute atomic E-state index is 12.2. The van der Waals surface area contributed by atoms with Crippen LogP contribution in [0.4, 0.5) is 0 Å². The van der Waals surface area contributed by atoms with E-state index in [0.29, 0.717) is 19.0 Å². The Morgan fingerprint density at radius 3 is 3.00 bits per heavy atom. The summed E-state index contributed by atoms with van der Waals surface area (Å²) in [6.45, 7) is 4.75. The van der Waals surface area contributed by atoms with Gasteiger partial charge in [0.15, 0.2) is 4.96 Å². The Labute approximate surface area is 145 Å². The van der Waals surface area contributed by atoms with E-state index in [2.05, 4.69) is 14.6 Å². The van der Waals surface area contributed by atoms with Gasteiger partial charge >= 0.3 is 0 Å². The molecule has 1 atom stereocenters. The molecule has 3 rings (SSSR count). The Hall–Kier alpha value is -1.29. The molecular formula is C15H22N4O3S2. The van der Waals surface area contributed by atoms with E-state index in [-0.39, 0.29) is 5.56 Å². The van der Waals surface area contributed by atoms with Gasteiger partial charge in [-0.05, 0) is 32.2 Å². The highest BCUT2D eigenvalue weighted by atomic mass is 32.2. The minimum atomic E-state index is -3.15. The number of aromatic nitrogens is 2. The van der Waals surface area contributed by atoms with Crippen molar-refractivity contribution in [3.63, 3.8) is 0 Å². The van der Waals surface area contributed by atoms with Crippen LogP contribution < -0.4 is 10.3 Å². The summed E-state index contributed by atoms with van der Waals surface area (Å²) in [4.78, 5) is 19.8. The number of likely N-dealkylation sites (tertiary alicyclic amines) is 1. The van der Waals surface area contributed by atoms with Crippen LogP contribution in [0.2, 0.25) is 0 Å². The van der Waals surface area contributed by atoms with Crippen molar-refractivity contribution >= 4 is 26.3 Å². The molecule has 0 radical (unpaired) electrons. The molecule has 1 saturated heterocycles. The molecular weight excluding hydrogens is 348 g/mol. The second kappa shape index (κ2) is 6.91. The Balaban J connectivity index is 1.68. The first-order valence-electron chi connectivity index (χ1n) is 7.95. The highest BCUT2D eigenvalue weighted by Crippen LogP contribution is 2.18. The monoisotopic (exact) mass is 370 g/mol. The highest BCUT2D eigenvalue weighted by Gasteiger charge is 2.21. The van der Waals surface area contributed by atoms with Gasteiger partial charge in [0.05, 0.1) is 11.9 Å². The van der Waals surface area contributed by atoms with Crippen molar-refractivity contribution < 1.29 is 8.42 Å². The third-order valence-corrected chi connectivity index (χ3v) is 5.89. The molecule has 3 heterocycles. The maximum Gasteiger partial charge on any atom is 0.259 e. The van der Waals surface area contributed by atoms with Crippen LogP contribution >= 0.6 is 11.3 Å². The fraction of sp³-hybridized carbons (Fsp3) is 0.600. The van der Waals surface area contributed by atoms with E-state index in [0.717, 1.165) is 42.3 Å². The maximum atomic E-state index is 12.2. The standard InChI is InChI=1S/C15H22N4O3S2/c1-11-10-23-15-17-13(6-14(20)19(11)15)9-18-5-3-4-12(8-18)7-16-24(2,21)22/h6,10,12,16H,3-5,7-9H2,1-2H3. The summed E-state index contributed by atoms with van der Waals surface area (Å²) in [6.07, 6.45) is 3.22. The van der Waals surface area contributed by atoms with E-state index in [9.17, 15) is 13.2 Å². The second-order valence-corrected chi connectivity index (χ2v) is 9.11. The molecule has 1 N–H and O–H groups in total. The third kappa shape index (κ3) is 4.21. The first kappa shape index (κ1) is 17.5. The summed E-state index contributed by atoms with van der Waals surface area (Å²) in [5.41, 5.74) is 1.64. The van der Waals surface area contributed by atoms with Crippen LogP contribution in [0.3, 0.4) is 0 Å². The lowest BCUT2D eigenvalue weighted by Gasteiger charge is -2.32. The van der Waals surface area contributed by atoms with Gasteiger partial charge < -0.3 is 0 Å². The largest absolute Gasteiger partial charge is 0.297 e. The number of fused-ring (bicyclic) bond motifs is 1. The molecule has 0 bridgehead atoms. The van der Waals surface area contributed by atoms with E-state index in [1.165, 1.54) is 17.6 Å². The number of sulfonamides is 1. The number of rotatable bonds is 5. The lowest BCUT2D eigenvalue weighted by molar-refractivity contribution is 0.167. The van der Waals surface area contributed by atoms with Crippen LogP contribution in [-0.4, -0.2) is 48.6 Å². The van der Waals surface area contributed by atoms with Gasteiger partial charge in [0.2, 0.25) is 10.0 Å². The molecule has 0 aliphatic carbocycles. The molecule has 1 aliphatic heterocycles. The number of nitrogens with one attached hydrogen (secondary N) is 1. The van der Waals surface area contributed by atoms with Gasteiger partial charge in [-0.15, -0.1) is 11.3 Å². The molecule has 1 aliphatic rings. The van der Waals surface area contributed by atoms with Crippen molar-refractivity contribution in [1.82, 2.24) is 19.0 Å². The molecule has 9 heteroatoms. The second-order valence-electron chi connectivity index (χ2n) is 6.44. The van der Waals surface area contributed by atoms with Gasteiger partial charge in [0.25, 0.3) is 5.56 Å². The molecule has 0 amide bonds. The Bertz CT molecular complexity index is 888. The molecule has 0 spiro atoms. The van der Waals surface area contributed by atoms with Crippen LogP contribution in [0.25, 0.3) is 4.96 Å². The van der Waals surface area contributed by atoms with E-state index in [4.69, 9.17) is 0 Å². The van der Waals surface area contributed by atoms with Crippen LogP contribution in [-0.2, 0) is 16.6 Å². The van der Waals surface area contributed by atoms with Gasteiger partial charge in [0, 0.05) is 36.8 Å². The Morgan fingerprint density at radius 1 is 1.46 bits per heavy atom. The van der Waals surface area contributed by atoms with Gasteiger partial charge in [-0.2, -0.15) is 0 Å². The smallest absolute Gasteiger partial charge is 0.259 e. The van der Waals surface area contributed by atoms with Gasteiger partial charge in [-0.1, -0.05) is 0 Å². The zero-order chi connectivity index (χ0) is 17.3. The normalized spacial score (nSPS) is 19.8. The average molecular weight is 371 g/mol. The summed E-state index contributed by atoms with van der Waals surface area (Å²) in [5.74, 6) is 0.294. The first-order chi connectivity index (χ1) is 11.3. The fourth-order valence-electron chi connectivity index (χ4n) is 3.14. The van der Waals surface area contributed by atoms with Crippen molar-refractivity contribution in [3.8, 4) is 0 Å². The molecule has 24 heavy (non-hydrogen) atoms. The van der Waals surface area contributed by atoms with Crippen LogP contribution in [0.1, 0.15) is 24.2 Å². The minimum absolute atomic E-state index is 0.0407. The van der Waals surface area contributed by atoms with Crippen molar-refractivity contribution in [3.05, 3.63) is 33.2 Å². The fourth-order valence-corrected chi connectivity index (χ4v) is 4.57. The molecule has 7 nitrogen and oxygen atoms in total. The number of nitrogens with zero attached hydrogens (tertiary/aromatic N) is 3. The predicted octanol–water partition coefficient (Wildman–Crippen LogP) is 0.826. The number of hydrogen-bond donors (Lipinski definition) is 1. The molecule has 0 saturated carbocycles. The van der Waals surface area contributed by atoms with E-state index in [1.54, 1.807) is 10.5 Å². The summed E-state index contributed by atoms with van der Waals surface area (Å²) >= 11 is 1.47. The van der Waals surface area contributed by atoms with Crippen molar-refractivity contribution in [2.75, 3.05) is 25.9 Å². The van der Waals surface area contributed by atoms with Crippen LogP contribution in [0, 0.1) is 12.8 Å². The summed E-state index contributed by atoms with van der Waals surface area (Å²) in [5, 5.41) is 1.93. The lowest BCUT2D eigenvalue weighted by Crippen LogP contribution is -2.40. The number of aryl methyl sites for hydroxylation is 1. The highest BCUT2D eigenvalue weighted by molar-refractivity contribution is 7.88. The summed E-state index contributed by atoms with van der Waals surface area (Å²) in [7, 11) is -3.15. The summed E-state index contributed by atoms with van der Waals surface area (Å²) < 4.78 is 26.7. The number of thiazole rings is 1. The third-order valence-electron chi connectivity index (χ3n) is 4.25. The van der Waals surface area contributed by atoms with Crippen molar-refractivity contribution in [1.29, 1.82) is 0 Å². The van der Waals surface area contributed by atoms with Crippen LogP contribution in [0.5, 0.6) is 0 Å². The molecule has 0 aromatic carbocycles. The number of hydrogen-bond acceptors (Lipinski definition) is 6. The molecule has 132 valence electrons. The van der Waals surface area contributed by atoms with Gasteiger partial charge in [-0.3, -0.25) is 14.1 Å². The van der Waals surface area contributed by atoms with Crippen molar-refractivity contribution in [2.24, 2.45) is 5.92 Å². The predicted molar refractivity (Wildman–Crippen MR) is 94.9 cm³/mol. The Morgan fingerprint density at radius 2 is 2.25 bits per heavy atom. The molecule has 1 fully saturated rings. The minimum Gasteiger partial charge on any atom is -0.297 e. The Kier molecular flexibility index (Phi) is 5.05. The molecule has 2 aromatic heterocycles. The van der Waals surface area contributed by atoms with Crippen LogP contribution in [0.15, 0.2) is 16.2 Å². The topological polar surface area (TPSA) is 83.8 Å². The van der Waals surface area contributed by atoms with E-state index in [1.807, 2.05) is 12.3 Å². The average Bonchev–Trinajstić information content (AvgIpc) is 2.87. The van der Waals surface area contributed by atoms with E-state index >= 15 is 0 Å². The SMILES string of the molecule is Cc1csc2nc(CN3CCCC(CNS(C)(=O)=O)C3)cc(=O)n12. The van der Waals surface area contributed by atoms with Gasteiger partial charge in [0.1, 0.15) is 0 Å².